The lowest BCUT2D eigenvalue weighted by Crippen LogP contribution is -2.38. The minimum absolute atomic E-state index is 0.0503. The number of benzene rings is 2. The minimum Gasteiger partial charge on any atom is -0.393 e. The van der Waals surface area contributed by atoms with Crippen molar-refractivity contribution in [2.75, 3.05) is 19.7 Å². The van der Waals surface area contributed by atoms with Gasteiger partial charge in [-0.3, -0.25) is 0 Å². The van der Waals surface area contributed by atoms with Gasteiger partial charge in [-0.25, -0.2) is 4.39 Å². The molecule has 1 saturated carbocycles. The first kappa shape index (κ1) is 24.9. The maximum absolute atomic E-state index is 13.5. The number of alkyl halides is 6. The van der Waals surface area contributed by atoms with Gasteiger partial charge in [0.2, 0.25) is 0 Å². The average Bonchev–Trinajstić information content (AvgIpc) is 3.25. The van der Waals surface area contributed by atoms with Gasteiger partial charge in [0.15, 0.2) is 0 Å². The van der Waals surface area contributed by atoms with Crippen LogP contribution in [-0.2, 0) is 17.1 Å². The van der Waals surface area contributed by atoms with Gasteiger partial charge in [-0.2, -0.15) is 26.3 Å². The van der Waals surface area contributed by atoms with Crippen LogP contribution in [-0.4, -0.2) is 30.9 Å². The first-order valence-corrected chi connectivity index (χ1v) is 11.0. The first-order valence-electron chi connectivity index (χ1n) is 11.0. The van der Waals surface area contributed by atoms with Crippen molar-refractivity contribution in [1.29, 1.82) is 0 Å². The average molecular weight is 491 g/mol. The van der Waals surface area contributed by atoms with Crippen molar-refractivity contribution in [3.63, 3.8) is 0 Å². The second kappa shape index (κ2) is 9.47. The largest absolute Gasteiger partial charge is 0.416 e. The summed E-state index contributed by atoms with van der Waals surface area (Å²) in [5, 5.41) is 13.2. The number of halogens is 7. The molecule has 2 aromatic carbocycles. The van der Waals surface area contributed by atoms with Crippen LogP contribution in [0.4, 0.5) is 30.7 Å². The minimum atomic E-state index is -5.00. The number of hydrogen-bond donors (Lipinski definition) is 2. The Morgan fingerprint density at radius 2 is 1.53 bits per heavy atom. The topological polar surface area (TPSA) is 41.5 Å². The van der Waals surface area contributed by atoms with Gasteiger partial charge in [-0.15, -0.1) is 0 Å². The van der Waals surface area contributed by atoms with Gasteiger partial charge in [-0.1, -0.05) is 12.1 Å². The van der Waals surface area contributed by atoms with Crippen molar-refractivity contribution in [2.24, 2.45) is 11.8 Å². The second-order valence-corrected chi connectivity index (χ2v) is 8.92. The van der Waals surface area contributed by atoms with Crippen LogP contribution < -0.4 is 5.32 Å². The van der Waals surface area contributed by atoms with Crippen molar-refractivity contribution in [2.45, 2.75) is 43.3 Å². The molecule has 4 rings (SSSR count). The number of nitrogens with one attached hydrogen (secondary N) is 1. The fourth-order valence-corrected chi connectivity index (χ4v) is 5.23. The normalized spacial score (nSPS) is 26.4. The van der Waals surface area contributed by atoms with Crippen LogP contribution in [0.2, 0.25) is 0 Å². The fraction of sp³-hybridized carbons (Fsp3) is 0.500. The molecule has 1 saturated heterocycles. The number of aliphatic hydroxyl groups excluding tert-OH is 1. The molecule has 10 heteroatoms. The molecule has 2 aromatic rings. The molecule has 1 unspecified atom stereocenters. The van der Waals surface area contributed by atoms with Gasteiger partial charge in [0.05, 0.1) is 23.8 Å². The van der Waals surface area contributed by atoms with Gasteiger partial charge in [-0.05, 0) is 79.2 Å². The Morgan fingerprint density at radius 1 is 0.912 bits per heavy atom. The summed E-state index contributed by atoms with van der Waals surface area (Å²) in [6.07, 6.45) is -10.7. The van der Waals surface area contributed by atoms with E-state index >= 15 is 0 Å². The maximum atomic E-state index is 13.5. The van der Waals surface area contributed by atoms with Gasteiger partial charge >= 0.3 is 12.4 Å². The fourth-order valence-electron chi connectivity index (χ4n) is 5.23. The molecular formula is C24H24F7NO2. The van der Waals surface area contributed by atoms with E-state index < -0.39 is 53.7 Å². The van der Waals surface area contributed by atoms with Crippen LogP contribution in [0.25, 0.3) is 0 Å². The molecule has 2 fully saturated rings. The van der Waals surface area contributed by atoms with Gasteiger partial charge < -0.3 is 15.2 Å². The molecule has 0 spiro atoms. The molecule has 1 aliphatic heterocycles. The molecule has 0 radical (unpaired) electrons. The van der Waals surface area contributed by atoms with E-state index in [1.54, 1.807) is 12.1 Å². The summed E-state index contributed by atoms with van der Waals surface area (Å²) >= 11 is 0. The molecule has 1 heterocycles. The molecule has 3 nitrogen and oxygen atoms in total. The molecule has 0 aromatic heterocycles. The Labute approximate surface area is 191 Å². The lowest BCUT2D eigenvalue weighted by Gasteiger charge is -2.41. The maximum Gasteiger partial charge on any atom is 0.416 e. The van der Waals surface area contributed by atoms with Crippen LogP contribution in [0, 0.1) is 17.7 Å². The van der Waals surface area contributed by atoms with Crippen LogP contribution in [0.15, 0.2) is 42.5 Å². The Hall–Kier alpha value is -2.17. The van der Waals surface area contributed by atoms with E-state index in [1.807, 2.05) is 0 Å². The summed E-state index contributed by atoms with van der Waals surface area (Å²) in [5.41, 5.74) is -2.54. The Kier molecular flexibility index (Phi) is 6.94. The molecule has 0 amide bonds. The van der Waals surface area contributed by atoms with Gasteiger partial charge in [0.25, 0.3) is 0 Å². The highest BCUT2D eigenvalue weighted by Gasteiger charge is 2.44. The lowest BCUT2D eigenvalue weighted by atomic mass is 9.69. The molecule has 186 valence electrons. The summed E-state index contributed by atoms with van der Waals surface area (Å²) < 4.78 is 99.5. The van der Waals surface area contributed by atoms with E-state index in [2.05, 4.69) is 5.32 Å². The monoisotopic (exact) mass is 491 g/mol. The summed E-state index contributed by atoms with van der Waals surface area (Å²) in [7, 11) is 0. The van der Waals surface area contributed by atoms with Crippen molar-refractivity contribution in [1.82, 2.24) is 5.32 Å². The number of aliphatic hydroxyl groups is 1. The van der Waals surface area contributed by atoms with Crippen LogP contribution in [0.3, 0.4) is 0 Å². The summed E-state index contributed by atoms with van der Waals surface area (Å²) in [4.78, 5) is 0. The van der Waals surface area contributed by atoms with Crippen molar-refractivity contribution < 1.29 is 40.6 Å². The van der Waals surface area contributed by atoms with E-state index in [1.165, 1.54) is 12.1 Å². The van der Waals surface area contributed by atoms with E-state index in [0.29, 0.717) is 31.0 Å². The quantitative estimate of drug-likeness (QED) is 0.528. The van der Waals surface area contributed by atoms with E-state index in [0.717, 1.165) is 18.5 Å². The second-order valence-electron chi connectivity index (χ2n) is 8.92. The Balaban J connectivity index is 1.68. The standard InChI is InChI=1S/C24H24F7NO2/c25-18-4-1-13(2-5-18)22-19-11-32-10-14(19)3-6-20(22)34-21(12-33)15-7-16(23(26,27)28)9-17(8-15)24(29,30)31/h1-2,4-5,7-9,14,19-22,32-33H,3,6,10-12H2/t14?,19-,20+,21-,22+/m1/s1. The van der Waals surface area contributed by atoms with Crippen LogP contribution >= 0.6 is 0 Å². The molecular weight excluding hydrogens is 467 g/mol. The summed E-state index contributed by atoms with van der Waals surface area (Å²) in [6.45, 7) is 0.664. The molecule has 1 aliphatic carbocycles. The number of hydrogen-bond acceptors (Lipinski definition) is 3. The van der Waals surface area contributed by atoms with Crippen molar-refractivity contribution >= 4 is 0 Å². The zero-order chi connectivity index (χ0) is 24.7. The number of fused-ring (bicyclic) bond motifs is 1. The predicted molar refractivity (Wildman–Crippen MR) is 109 cm³/mol. The highest BCUT2D eigenvalue weighted by molar-refractivity contribution is 5.35. The third-order valence-electron chi connectivity index (χ3n) is 6.82. The molecule has 34 heavy (non-hydrogen) atoms. The van der Waals surface area contributed by atoms with E-state index in [-0.39, 0.29) is 17.9 Å². The lowest BCUT2D eigenvalue weighted by molar-refractivity contribution is -0.143. The number of ether oxygens (including phenoxy) is 1. The molecule has 5 atom stereocenters. The van der Waals surface area contributed by atoms with Gasteiger partial charge in [0, 0.05) is 5.92 Å². The van der Waals surface area contributed by atoms with Crippen molar-refractivity contribution in [3.8, 4) is 0 Å². The molecule has 2 aliphatic rings. The Bertz CT molecular complexity index is 958. The van der Waals surface area contributed by atoms with Crippen molar-refractivity contribution in [3.05, 3.63) is 70.5 Å². The summed E-state index contributed by atoms with van der Waals surface area (Å²) in [6, 6.07) is 7.09. The Morgan fingerprint density at radius 3 is 2.09 bits per heavy atom. The SMILES string of the molecule is OC[C@@H](O[C@H]1CCC2CNC[C@H]2[C@@H]1c1ccc(F)cc1)c1cc(C(F)(F)F)cc(C(F)(F)F)c1. The zero-order valence-electron chi connectivity index (χ0n) is 18.0. The third-order valence-corrected chi connectivity index (χ3v) is 6.82. The molecule has 0 bridgehead atoms. The highest BCUT2D eigenvalue weighted by Crippen LogP contribution is 2.46. The van der Waals surface area contributed by atoms with E-state index in [9.17, 15) is 35.8 Å². The zero-order valence-corrected chi connectivity index (χ0v) is 18.0. The third kappa shape index (κ3) is 5.23. The molecule has 2 N–H and O–H groups in total. The number of rotatable bonds is 5. The highest BCUT2D eigenvalue weighted by atomic mass is 19.4. The van der Waals surface area contributed by atoms with Crippen LogP contribution in [0.5, 0.6) is 0 Å². The summed E-state index contributed by atoms with van der Waals surface area (Å²) in [5.74, 6) is -0.241. The first-order chi connectivity index (χ1) is 16.0. The van der Waals surface area contributed by atoms with Crippen LogP contribution in [0.1, 0.15) is 47.1 Å². The van der Waals surface area contributed by atoms with E-state index in [4.69, 9.17) is 4.74 Å². The van der Waals surface area contributed by atoms with Gasteiger partial charge in [0.1, 0.15) is 11.9 Å². The predicted octanol–water partition coefficient (Wildman–Crippen LogP) is 5.70. The smallest absolute Gasteiger partial charge is 0.393 e.